The molecule has 1 heterocycles. The van der Waals surface area contributed by atoms with Crippen molar-refractivity contribution in [1.29, 1.82) is 0 Å². The van der Waals surface area contributed by atoms with Gasteiger partial charge in [0.05, 0.1) is 12.2 Å². The van der Waals surface area contributed by atoms with Crippen LogP contribution in [0.1, 0.15) is 11.1 Å². The lowest BCUT2D eigenvalue weighted by molar-refractivity contribution is 0.210. The van der Waals surface area contributed by atoms with Gasteiger partial charge in [0.2, 0.25) is 0 Å². The third kappa shape index (κ3) is 2.74. The molecule has 0 radical (unpaired) electrons. The summed E-state index contributed by atoms with van der Waals surface area (Å²) in [5.41, 5.74) is 9.69. The number of nitrogens with two attached hydrogens (primary N) is 1. The molecule has 3 rings (SSSR count). The number of nitrogens with zero attached hydrogens (tertiary/aromatic N) is 2. The second kappa shape index (κ2) is 5.41. The van der Waals surface area contributed by atoms with Gasteiger partial charge in [0.15, 0.2) is 0 Å². The van der Waals surface area contributed by atoms with Crippen molar-refractivity contribution in [2.75, 3.05) is 17.7 Å². The summed E-state index contributed by atoms with van der Waals surface area (Å²) in [4.78, 5) is 16.0. The third-order valence-corrected chi connectivity index (χ3v) is 4.03. The number of urea groups is 1. The Morgan fingerprint density at radius 3 is 2.76 bits per heavy atom. The molecule has 0 saturated heterocycles. The summed E-state index contributed by atoms with van der Waals surface area (Å²) < 4.78 is 0.920. The number of carbonyl (C=O) groups is 1. The van der Waals surface area contributed by atoms with E-state index in [9.17, 15) is 4.79 Å². The molecule has 108 valence electrons. The predicted molar refractivity (Wildman–Crippen MR) is 88.0 cm³/mol. The number of nitrogen functional groups attached to an aromatic ring is 1. The van der Waals surface area contributed by atoms with Crippen molar-refractivity contribution in [3.05, 3.63) is 58.1 Å². The number of halogens is 1. The molecule has 1 aliphatic rings. The molecule has 0 unspecified atom stereocenters. The lowest BCUT2D eigenvalue weighted by atomic mass is 10.1. The summed E-state index contributed by atoms with van der Waals surface area (Å²) >= 11 is 3.44. The van der Waals surface area contributed by atoms with Crippen LogP contribution >= 0.6 is 15.9 Å². The highest BCUT2D eigenvalue weighted by molar-refractivity contribution is 9.10. The molecule has 2 aromatic carbocycles. The molecule has 4 nitrogen and oxygen atoms in total. The molecular weight excluding hydrogens is 330 g/mol. The zero-order valence-electron chi connectivity index (χ0n) is 11.7. The molecule has 0 saturated carbocycles. The lowest BCUT2D eigenvalue weighted by Gasteiger charge is -2.35. The van der Waals surface area contributed by atoms with E-state index in [1.165, 1.54) is 0 Å². The molecule has 0 spiro atoms. The number of fused-ring (bicyclic) bond motifs is 1. The predicted octanol–water partition coefficient (Wildman–Crippen LogP) is 3.60. The van der Waals surface area contributed by atoms with Gasteiger partial charge in [-0.2, -0.15) is 0 Å². The number of hydrogen-bond donors (Lipinski definition) is 1. The number of rotatable bonds is 2. The monoisotopic (exact) mass is 345 g/mol. The van der Waals surface area contributed by atoms with E-state index in [1.807, 2.05) is 43.4 Å². The van der Waals surface area contributed by atoms with Crippen molar-refractivity contribution < 1.29 is 4.79 Å². The minimum atomic E-state index is 0.00671. The highest BCUT2D eigenvalue weighted by Gasteiger charge is 2.27. The Hall–Kier alpha value is -2.01. The van der Waals surface area contributed by atoms with Gasteiger partial charge in [-0.05, 0) is 35.4 Å². The average molecular weight is 346 g/mol. The molecule has 0 aromatic heterocycles. The molecule has 2 amide bonds. The van der Waals surface area contributed by atoms with Gasteiger partial charge < -0.3 is 10.6 Å². The molecule has 21 heavy (non-hydrogen) atoms. The van der Waals surface area contributed by atoms with Crippen LogP contribution in [-0.4, -0.2) is 18.0 Å². The van der Waals surface area contributed by atoms with Crippen LogP contribution < -0.4 is 10.6 Å². The first kappa shape index (κ1) is 13.9. The van der Waals surface area contributed by atoms with Crippen LogP contribution in [0.15, 0.2) is 46.9 Å². The maximum atomic E-state index is 12.5. The molecule has 2 aromatic rings. The first-order valence-electron chi connectivity index (χ1n) is 6.70. The summed E-state index contributed by atoms with van der Waals surface area (Å²) in [6.07, 6.45) is 0. The maximum Gasteiger partial charge on any atom is 0.324 e. The standard InChI is InChI=1S/C16H16BrN3O/c1-19-10-12-4-2-3-5-15(12)20(16(19)21)9-11-6-13(17)8-14(18)7-11/h2-8H,9-10,18H2,1H3. The molecule has 0 atom stereocenters. The van der Waals surface area contributed by atoms with Crippen LogP contribution in [-0.2, 0) is 13.1 Å². The summed E-state index contributed by atoms with van der Waals surface area (Å²) in [7, 11) is 1.82. The van der Waals surface area contributed by atoms with Gasteiger partial charge in [0.25, 0.3) is 0 Å². The van der Waals surface area contributed by atoms with Gasteiger partial charge in [-0.3, -0.25) is 4.90 Å². The van der Waals surface area contributed by atoms with Crippen LogP contribution in [0, 0.1) is 0 Å². The number of carbonyl (C=O) groups excluding carboxylic acids is 1. The van der Waals surface area contributed by atoms with E-state index in [1.54, 1.807) is 9.80 Å². The molecule has 2 N–H and O–H groups in total. The van der Waals surface area contributed by atoms with Gasteiger partial charge in [0.1, 0.15) is 0 Å². The van der Waals surface area contributed by atoms with Crippen LogP contribution in [0.2, 0.25) is 0 Å². The highest BCUT2D eigenvalue weighted by Crippen LogP contribution is 2.30. The smallest absolute Gasteiger partial charge is 0.324 e. The molecule has 0 aliphatic carbocycles. The number of para-hydroxylation sites is 1. The molecular formula is C16H16BrN3O. The van der Waals surface area contributed by atoms with Crippen molar-refractivity contribution >= 4 is 33.3 Å². The van der Waals surface area contributed by atoms with E-state index >= 15 is 0 Å². The fraction of sp³-hybridized carbons (Fsp3) is 0.188. The van der Waals surface area contributed by atoms with E-state index in [4.69, 9.17) is 5.73 Å². The molecule has 0 bridgehead atoms. The zero-order valence-corrected chi connectivity index (χ0v) is 13.3. The van der Waals surface area contributed by atoms with E-state index in [0.29, 0.717) is 18.8 Å². The zero-order chi connectivity index (χ0) is 15.0. The Balaban J connectivity index is 1.98. The van der Waals surface area contributed by atoms with Crippen molar-refractivity contribution in [3.63, 3.8) is 0 Å². The lowest BCUT2D eigenvalue weighted by Crippen LogP contribution is -2.44. The third-order valence-electron chi connectivity index (χ3n) is 3.57. The fourth-order valence-corrected chi connectivity index (χ4v) is 3.20. The van der Waals surface area contributed by atoms with Gasteiger partial charge in [0, 0.05) is 23.8 Å². The van der Waals surface area contributed by atoms with Gasteiger partial charge >= 0.3 is 6.03 Å². The largest absolute Gasteiger partial charge is 0.399 e. The molecule has 1 aliphatic heterocycles. The van der Waals surface area contributed by atoms with E-state index < -0.39 is 0 Å². The summed E-state index contributed by atoms with van der Waals surface area (Å²) in [5.74, 6) is 0. The second-order valence-corrected chi connectivity index (χ2v) is 6.16. The van der Waals surface area contributed by atoms with Crippen LogP contribution in [0.5, 0.6) is 0 Å². The van der Waals surface area contributed by atoms with Crippen LogP contribution in [0.4, 0.5) is 16.2 Å². The maximum absolute atomic E-state index is 12.5. The van der Waals surface area contributed by atoms with Gasteiger partial charge in [-0.1, -0.05) is 34.1 Å². The van der Waals surface area contributed by atoms with Crippen molar-refractivity contribution in [2.24, 2.45) is 0 Å². The quantitative estimate of drug-likeness (QED) is 0.845. The Morgan fingerprint density at radius 2 is 2.00 bits per heavy atom. The van der Waals surface area contributed by atoms with Gasteiger partial charge in [-0.15, -0.1) is 0 Å². The number of hydrogen-bond acceptors (Lipinski definition) is 2. The minimum Gasteiger partial charge on any atom is -0.399 e. The number of amides is 2. The molecule has 0 fully saturated rings. The van der Waals surface area contributed by atoms with Crippen molar-refractivity contribution in [3.8, 4) is 0 Å². The normalized spacial score (nSPS) is 14.3. The van der Waals surface area contributed by atoms with E-state index in [0.717, 1.165) is 21.3 Å². The van der Waals surface area contributed by atoms with Crippen molar-refractivity contribution in [1.82, 2.24) is 4.90 Å². The van der Waals surface area contributed by atoms with Gasteiger partial charge in [-0.25, -0.2) is 4.79 Å². The fourth-order valence-electron chi connectivity index (χ4n) is 2.64. The Labute approximate surface area is 132 Å². The van der Waals surface area contributed by atoms with Crippen LogP contribution in [0.3, 0.4) is 0 Å². The SMILES string of the molecule is CN1Cc2ccccc2N(Cc2cc(N)cc(Br)c2)C1=O. The molecule has 5 heteroatoms. The summed E-state index contributed by atoms with van der Waals surface area (Å²) in [6.45, 7) is 1.15. The summed E-state index contributed by atoms with van der Waals surface area (Å²) in [5, 5.41) is 0. The summed E-state index contributed by atoms with van der Waals surface area (Å²) in [6, 6.07) is 13.7. The van der Waals surface area contributed by atoms with E-state index in [-0.39, 0.29) is 6.03 Å². The van der Waals surface area contributed by atoms with Crippen molar-refractivity contribution in [2.45, 2.75) is 13.1 Å². The first-order valence-corrected chi connectivity index (χ1v) is 7.49. The number of anilines is 2. The van der Waals surface area contributed by atoms with Crippen LogP contribution in [0.25, 0.3) is 0 Å². The average Bonchev–Trinajstić information content (AvgIpc) is 2.43. The second-order valence-electron chi connectivity index (χ2n) is 5.25. The van der Waals surface area contributed by atoms with E-state index in [2.05, 4.69) is 22.0 Å². The highest BCUT2D eigenvalue weighted by atomic mass is 79.9. The number of benzene rings is 2. The first-order chi connectivity index (χ1) is 10.0. The topological polar surface area (TPSA) is 49.6 Å². The minimum absolute atomic E-state index is 0.00671. The Bertz CT molecular complexity index is 681. The Morgan fingerprint density at radius 1 is 1.24 bits per heavy atom. The Kier molecular flexibility index (Phi) is 3.59.